The molecule has 1 aromatic heterocycles. The van der Waals surface area contributed by atoms with Crippen LogP contribution in [0.2, 0.25) is 0 Å². The molecule has 0 saturated carbocycles. The third kappa shape index (κ3) is 7.71. The van der Waals surface area contributed by atoms with Crippen molar-refractivity contribution >= 4 is 11.8 Å². The molecular weight excluding hydrogens is 294 g/mol. The second-order valence-electron chi connectivity index (χ2n) is 5.88. The number of rotatable bonds is 9. The van der Waals surface area contributed by atoms with Crippen molar-refractivity contribution in [1.82, 2.24) is 25.4 Å². The van der Waals surface area contributed by atoms with Crippen molar-refractivity contribution in [2.75, 3.05) is 54.4 Å². The zero-order chi connectivity index (χ0) is 17.2. The van der Waals surface area contributed by atoms with Gasteiger partial charge in [-0.15, -0.1) is 0 Å². The molecule has 2 amide bonds. The predicted octanol–water partition coefficient (Wildman–Crippen LogP) is 0.0545. The van der Waals surface area contributed by atoms with E-state index in [2.05, 4.69) is 20.5 Å². The predicted molar refractivity (Wildman–Crippen MR) is 90.6 cm³/mol. The maximum absolute atomic E-state index is 12.0. The topological polar surface area (TPSA) is 77.6 Å². The minimum Gasteiger partial charge on any atom is -0.351 e. The number of hydrogen-bond acceptors (Lipinski definition) is 5. The number of amides is 2. The quantitative estimate of drug-likeness (QED) is 0.629. The fourth-order valence-corrected chi connectivity index (χ4v) is 1.86. The van der Waals surface area contributed by atoms with E-state index in [-0.39, 0.29) is 23.2 Å². The third-order valence-electron chi connectivity index (χ3n) is 3.13. The fraction of sp³-hybridized carbons (Fsp3) is 0.562. The Labute approximate surface area is 138 Å². The van der Waals surface area contributed by atoms with Crippen LogP contribution in [0.1, 0.15) is 27.4 Å². The molecule has 7 nitrogen and oxygen atoms in total. The molecule has 0 aromatic carbocycles. The monoisotopic (exact) mass is 321 g/mol. The first-order valence-corrected chi connectivity index (χ1v) is 7.73. The third-order valence-corrected chi connectivity index (χ3v) is 3.13. The molecule has 128 valence electrons. The average Bonchev–Trinajstić information content (AvgIpc) is 2.50. The number of aromatic nitrogens is 1. The maximum atomic E-state index is 12.0. The lowest BCUT2D eigenvalue weighted by Gasteiger charge is -2.11. The summed E-state index contributed by atoms with van der Waals surface area (Å²) in [6, 6.07) is 4.88. The molecule has 0 aliphatic carbocycles. The summed E-state index contributed by atoms with van der Waals surface area (Å²) in [5.41, 5.74) is 0.514. The van der Waals surface area contributed by atoms with Gasteiger partial charge >= 0.3 is 0 Å². The van der Waals surface area contributed by atoms with Gasteiger partial charge in [-0.2, -0.15) is 0 Å². The highest BCUT2D eigenvalue weighted by Gasteiger charge is 2.11. The molecule has 1 heterocycles. The molecule has 7 heteroatoms. The van der Waals surface area contributed by atoms with Crippen LogP contribution in [-0.4, -0.2) is 81.0 Å². The molecule has 0 aliphatic rings. The van der Waals surface area contributed by atoms with Crippen molar-refractivity contribution in [3.05, 3.63) is 29.6 Å². The maximum Gasteiger partial charge on any atom is 0.269 e. The van der Waals surface area contributed by atoms with Crippen LogP contribution in [0, 0.1) is 0 Å². The zero-order valence-electron chi connectivity index (χ0n) is 14.4. The number of hydrogen-bond donors (Lipinski definition) is 2. The summed E-state index contributed by atoms with van der Waals surface area (Å²) in [6.45, 7) is 2.77. The van der Waals surface area contributed by atoms with Gasteiger partial charge in [-0.1, -0.05) is 6.07 Å². The van der Waals surface area contributed by atoms with Gasteiger partial charge in [0.15, 0.2) is 0 Å². The highest BCUT2D eigenvalue weighted by molar-refractivity contribution is 5.96. The normalized spacial score (nSPS) is 10.9. The summed E-state index contributed by atoms with van der Waals surface area (Å²) < 4.78 is 0. The minimum atomic E-state index is -0.269. The fourth-order valence-electron chi connectivity index (χ4n) is 1.86. The van der Waals surface area contributed by atoms with Crippen LogP contribution in [-0.2, 0) is 0 Å². The van der Waals surface area contributed by atoms with Crippen LogP contribution in [0.15, 0.2) is 18.2 Å². The van der Waals surface area contributed by atoms with Gasteiger partial charge in [-0.25, -0.2) is 4.98 Å². The molecule has 1 aromatic rings. The molecule has 0 radical (unpaired) electrons. The lowest BCUT2D eigenvalue weighted by molar-refractivity contribution is 0.0942. The van der Waals surface area contributed by atoms with E-state index in [4.69, 9.17) is 0 Å². The van der Waals surface area contributed by atoms with Gasteiger partial charge in [0, 0.05) is 19.6 Å². The van der Waals surface area contributed by atoms with Crippen molar-refractivity contribution in [3.8, 4) is 0 Å². The van der Waals surface area contributed by atoms with Gasteiger partial charge in [-0.05, 0) is 53.3 Å². The molecular formula is C16H27N5O2. The first-order chi connectivity index (χ1) is 10.9. The summed E-state index contributed by atoms with van der Waals surface area (Å²) in [5.74, 6) is -0.527. The van der Waals surface area contributed by atoms with E-state index in [0.717, 1.165) is 19.5 Å². The van der Waals surface area contributed by atoms with Crippen LogP contribution in [0.3, 0.4) is 0 Å². The smallest absolute Gasteiger partial charge is 0.269 e. The molecule has 0 atom stereocenters. The van der Waals surface area contributed by atoms with Gasteiger partial charge in [0.1, 0.15) is 11.4 Å². The number of nitrogens with zero attached hydrogens (tertiary/aromatic N) is 3. The van der Waals surface area contributed by atoms with Crippen LogP contribution in [0.5, 0.6) is 0 Å². The van der Waals surface area contributed by atoms with Crippen molar-refractivity contribution in [1.29, 1.82) is 0 Å². The van der Waals surface area contributed by atoms with E-state index in [9.17, 15) is 9.59 Å². The molecule has 1 rings (SSSR count). The average molecular weight is 321 g/mol. The minimum absolute atomic E-state index is 0.254. The van der Waals surface area contributed by atoms with Gasteiger partial charge < -0.3 is 20.4 Å². The van der Waals surface area contributed by atoms with Crippen molar-refractivity contribution in [2.24, 2.45) is 0 Å². The van der Waals surface area contributed by atoms with E-state index in [1.165, 1.54) is 0 Å². The van der Waals surface area contributed by atoms with Gasteiger partial charge in [0.2, 0.25) is 0 Å². The van der Waals surface area contributed by atoms with Gasteiger partial charge in [0.05, 0.1) is 0 Å². The number of pyridine rings is 1. The van der Waals surface area contributed by atoms with Crippen LogP contribution >= 0.6 is 0 Å². The van der Waals surface area contributed by atoms with Crippen molar-refractivity contribution < 1.29 is 9.59 Å². The van der Waals surface area contributed by atoms with Crippen LogP contribution < -0.4 is 10.6 Å². The Morgan fingerprint density at radius 1 is 0.913 bits per heavy atom. The zero-order valence-corrected chi connectivity index (χ0v) is 14.4. The standard InChI is InChI=1S/C16H27N5O2/c1-20(2)11-6-9-17-15(22)13-7-5-8-14(19-13)16(23)18-10-12-21(3)4/h5,7-8H,6,9-12H2,1-4H3,(H,17,22)(H,18,23). The summed E-state index contributed by atoms with van der Waals surface area (Å²) in [6.07, 6.45) is 0.865. The van der Waals surface area contributed by atoms with Gasteiger partial charge in [0.25, 0.3) is 11.8 Å². The highest BCUT2D eigenvalue weighted by atomic mass is 16.2. The van der Waals surface area contributed by atoms with Gasteiger partial charge in [-0.3, -0.25) is 9.59 Å². The Morgan fingerprint density at radius 3 is 1.96 bits per heavy atom. The number of likely N-dealkylation sites (N-methyl/N-ethyl adjacent to an activating group) is 1. The molecule has 0 unspecified atom stereocenters. The second kappa shape index (κ2) is 9.91. The second-order valence-corrected chi connectivity index (χ2v) is 5.88. The Hall–Kier alpha value is -1.99. The number of carbonyl (C=O) groups is 2. The number of nitrogens with one attached hydrogen (secondary N) is 2. The van der Waals surface area contributed by atoms with E-state index < -0.39 is 0 Å². The molecule has 2 N–H and O–H groups in total. The lowest BCUT2D eigenvalue weighted by atomic mass is 10.2. The molecule has 23 heavy (non-hydrogen) atoms. The Morgan fingerprint density at radius 2 is 1.43 bits per heavy atom. The van der Waals surface area contributed by atoms with E-state index in [0.29, 0.717) is 13.1 Å². The Kier molecular flexibility index (Phi) is 8.21. The summed E-state index contributed by atoms with van der Waals surface area (Å²) >= 11 is 0. The van der Waals surface area contributed by atoms with Crippen LogP contribution in [0.4, 0.5) is 0 Å². The molecule has 0 saturated heterocycles. The summed E-state index contributed by atoms with van der Waals surface area (Å²) in [4.78, 5) is 32.2. The highest BCUT2D eigenvalue weighted by Crippen LogP contribution is 2.00. The Balaban J connectivity index is 2.51. The Bertz CT molecular complexity index is 517. The first-order valence-electron chi connectivity index (χ1n) is 7.73. The van der Waals surface area contributed by atoms with E-state index in [1.54, 1.807) is 18.2 Å². The lowest BCUT2D eigenvalue weighted by Crippen LogP contribution is -2.32. The number of carbonyl (C=O) groups excluding carboxylic acids is 2. The van der Waals surface area contributed by atoms with Crippen LogP contribution in [0.25, 0.3) is 0 Å². The van der Waals surface area contributed by atoms with Crippen molar-refractivity contribution in [3.63, 3.8) is 0 Å². The summed E-state index contributed by atoms with van der Waals surface area (Å²) in [7, 11) is 7.85. The first kappa shape index (κ1) is 19.1. The molecule has 0 spiro atoms. The molecule has 0 fully saturated rings. The largest absolute Gasteiger partial charge is 0.351 e. The van der Waals surface area contributed by atoms with E-state index in [1.807, 2.05) is 33.1 Å². The molecule has 0 aliphatic heterocycles. The molecule has 0 bridgehead atoms. The van der Waals surface area contributed by atoms with Crippen molar-refractivity contribution in [2.45, 2.75) is 6.42 Å². The summed E-state index contributed by atoms with van der Waals surface area (Å²) in [5, 5.41) is 5.59. The van der Waals surface area contributed by atoms with E-state index >= 15 is 0 Å². The SMILES string of the molecule is CN(C)CCCNC(=O)c1cccc(C(=O)NCCN(C)C)n1.